The molecule has 3 aromatic rings. The van der Waals surface area contributed by atoms with E-state index in [0.717, 1.165) is 11.1 Å². The fourth-order valence-electron chi connectivity index (χ4n) is 3.43. The van der Waals surface area contributed by atoms with Crippen LogP contribution in [0, 0.1) is 0 Å². The van der Waals surface area contributed by atoms with Crippen LogP contribution in [0.15, 0.2) is 70.4 Å². The number of aliphatic hydroxyl groups is 2. The van der Waals surface area contributed by atoms with E-state index in [0.29, 0.717) is 11.1 Å². The summed E-state index contributed by atoms with van der Waals surface area (Å²) < 4.78 is 6.79. The van der Waals surface area contributed by atoms with Crippen molar-refractivity contribution in [1.29, 1.82) is 0 Å². The minimum atomic E-state index is -0.873. The average molecular weight is 380 g/mol. The molecule has 0 saturated carbocycles. The minimum absolute atomic E-state index is 0.156. The Bertz CT molecular complexity index is 1070. The maximum atomic E-state index is 12.3. The molecule has 7 heteroatoms. The molecule has 2 aromatic carbocycles. The molecule has 0 unspecified atom stereocenters. The van der Waals surface area contributed by atoms with Gasteiger partial charge in [-0.25, -0.2) is 4.79 Å². The molecule has 0 spiro atoms. The number of aromatic amines is 1. The molecule has 7 nitrogen and oxygen atoms in total. The van der Waals surface area contributed by atoms with Crippen molar-refractivity contribution in [3.05, 3.63) is 81.6 Å². The molecular weight excluding hydrogens is 360 g/mol. The zero-order valence-electron chi connectivity index (χ0n) is 15.0. The second-order valence-corrected chi connectivity index (χ2v) is 6.77. The Hall–Kier alpha value is -3.00. The largest absolute Gasteiger partial charge is 0.394 e. The van der Waals surface area contributed by atoms with Crippen LogP contribution in [0.5, 0.6) is 0 Å². The molecule has 1 aromatic heterocycles. The number of aromatic nitrogens is 2. The molecule has 3 N–H and O–H groups in total. The molecule has 4 rings (SSSR count). The number of H-pyrrole nitrogens is 1. The summed E-state index contributed by atoms with van der Waals surface area (Å²) in [5, 5.41) is 19.2. The summed E-state index contributed by atoms with van der Waals surface area (Å²) in [7, 11) is 0. The lowest BCUT2D eigenvalue weighted by Crippen LogP contribution is -2.33. The van der Waals surface area contributed by atoms with Gasteiger partial charge in [0.2, 0.25) is 0 Å². The topological polar surface area (TPSA) is 105 Å². The Labute approximate surface area is 160 Å². The van der Waals surface area contributed by atoms with Crippen molar-refractivity contribution in [2.24, 2.45) is 0 Å². The van der Waals surface area contributed by atoms with Gasteiger partial charge in [-0.3, -0.25) is 14.3 Å². The zero-order valence-corrected chi connectivity index (χ0v) is 15.0. The quantitative estimate of drug-likeness (QED) is 0.636. The average Bonchev–Trinajstić information content (AvgIpc) is 3.09. The highest BCUT2D eigenvalue weighted by Crippen LogP contribution is 2.28. The molecule has 1 aliphatic rings. The van der Waals surface area contributed by atoms with Gasteiger partial charge in [-0.05, 0) is 16.7 Å². The van der Waals surface area contributed by atoms with Crippen LogP contribution in [-0.2, 0) is 4.74 Å². The number of hydrogen-bond donors (Lipinski definition) is 3. The van der Waals surface area contributed by atoms with Crippen LogP contribution in [0.1, 0.15) is 12.6 Å². The van der Waals surface area contributed by atoms with Crippen molar-refractivity contribution in [2.45, 2.75) is 24.9 Å². The molecule has 3 atom stereocenters. The normalized spacial score (nSPS) is 21.7. The Kier molecular flexibility index (Phi) is 4.95. The standard InChI is InChI=1S/C21H20N2O5/c24-12-18-17(25)10-19(28-18)23-11-16(20(26)22-21(23)27)15-8-6-14(7-9-15)13-4-2-1-3-5-13/h1-9,11,17-19,24-25H,10,12H2,(H,22,26,27)/t17-,18+,19+/m0/s1. The van der Waals surface area contributed by atoms with Crippen molar-refractivity contribution in [1.82, 2.24) is 9.55 Å². The van der Waals surface area contributed by atoms with E-state index < -0.39 is 29.7 Å². The van der Waals surface area contributed by atoms with E-state index in [1.165, 1.54) is 10.8 Å². The maximum absolute atomic E-state index is 12.3. The van der Waals surface area contributed by atoms with E-state index in [4.69, 9.17) is 4.74 Å². The lowest BCUT2D eigenvalue weighted by molar-refractivity contribution is -0.0458. The lowest BCUT2D eigenvalue weighted by Gasteiger charge is -2.15. The molecule has 1 fully saturated rings. The smallest absolute Gasteiger partial charge is 0.330 e. The van der Waals surface area contributed by atoms with Crippen LogP contribution < -0.4 is 11.2 Å². The second kappa shape index (κ2) is 7.55. The summed E-state index contributed by atoms with van der Waals surface area (Å²) >= 11 is 0. The predicted octanol–water partition coefficient (Wildman–Crippen LogP) is 1.51. The van der Waals surface area contributed by atoms with Crippen LogP contribution in [-0.4, -0.2) is 38.6 Å². The van der Waals surface area contributed by atoms with Crippen molar-refractivity contribution in [3.63, 3.8) is 0 Å². The van der Waals surface area contributed by atoms with Gasteiger partial charge in [0.1, 0.15) is 12.3 Å². The molecule has 0 radical (unpaired) electrons. The van der Waals surface area contributed by atoms with Gasteiger partial charge < -0.3 is 14.9 Å². The number of aliphatic hydroxyl groups excluding tert-OH is 2. The van der Waals surface area contributed by atoms with Gasteiger partial charge in [-0.15, -0.1) is 0 Å². The third-order valence-corrected chi connectivity index (χ3v) is 4.97. The third kappa shape index (κ3) is 3.43. The Morgan fingerprint density at radius 2 is 1.64 bits per heavy atom. The molecule has 2 heterocycles. The van der Waals surface area contributed by atoms with Gasteiger partial charge in [0.15, 0.2) is 0 Å². The highest BCUT2D eigenvalue weighted by atomic mass is 16.5. The summed E-state index contributed by atoms with van der Waals surface area (Å²) in [6.45, 7) is -0.344. The van der Waals surface area contributed by atoms with Crippen LogP contribution in [0.2, 0.25) is 0 Å². The van der Waals surface area contributed by atoms with E-state index in [9.17, 15) is 19.8 Å². The van der Waals surface area contributed by atoms with Crippen LogP contribution in [0.3, 0.4) is 0 Å². The Balaban J connectivity index is 1.69. The van der Waals surface area contributed by atoms with Crippen molar-refractivity contribution < 1.29 is 14.9 Å². The van der Waals surface area contributed by atoms with Crippen LogP contribution in [0.25, 0.3) is 22.3 Å². The fraction of sp³-hybridized carbons (Fsp3) is 0.238. The van der Waals surface area contributed by atoms with Gasteiger partial charge >= 0.3 is 5.69 Å². The van der Waals surface area contributed by atoms with E-state index in [1.807, 2.05) is 54.6 Å². The summed E-state index contributed by atoms with van der Waals surface area (Å²) in [5.41, 5.74) is 1.95. The maximum Gasteiger partial charge on any atom is 0.330 e. The number of benzene rings is 2. The second-order valence-electron chi connectivity index (χ2n) is 6.77. The molecule has 28 heavy (non-hydrogen) atoms. The first kappa shape index (κ1) is 18.4. The first-order valence-electron chi connectivity index (χ1n) is 9.02. The molecule has 144 valence electrons. The van der Waals surface area contributed by atoms with E-state index in [1.54, 1.807) is 0 Å². The number of nitrogens with one attached hydrogen (secondary N) is 1. The van der Waals surface area contributed by atoms with Crippen LogP contribution in [0.4, 0.5) is 0 Å². The van der Waals surface area contributed by atoms with Gasteiger partial charge in [-0.2, -0.15) is 0 Å². The molecule has 0 aliphatic carbocycles. The number of hydrogen-bond acceptors (Lipinski definition) is 5. The lowest BCUT2D eigenvalue weighted by atomic mass is 10.0. The van der Waals surface area contributed by atoms with Crippen molar-refractivity contribution >= 4 is 0 Å². The molecule has 0 amide bonds. The van der Waals surface area contributed by atoms with E-state index in [-0.39, 0.29) is 13.0 Å². The summed E-state index contributed by atoms with van der Waals surface area (Å²) in [5.74, 6) is 0. The van der Waals surface area contributed by atoms with E-state index >= 15 is 0 Å². The van der Waals surface area contributed by atoms with Gasteiger partial charge in [-0.1, -0.05) is 54.6 Å². The Morgan fingerprint density at radius 3 is 2.29 bits per heavy atom. The predicted molar refractivity (Wildman–Crippen MR) is 104 cm³/mol. The first-order valence-corrected chi connectivity index (χ1v) is 9.02. The molecule has 1 aliphatic heterocycles. The van der Waals surface area contributed by atoms with Crippen molar-refractivity contribution in [2.75, 3.05) is 6.61 Å². The van der Waals surface area contributed by atoms with E-state index in [2.05, 4.69) is 4.98 Å². The summed E-state index contributed by atoms with van der Waals surface area (Å²) in [6.07, 6.45) is -0.780. The molecule has 1 saturated heterocycles. The van der Waals surface area contributed by atoms with Crippen LogP contribution >= 0.6 is 0 Å². The van der Waals surface area contributed by atoms with Crippen molar-refractivity contribution in [3.8, 4) is 22.3 Å². The zero-order chi connectivity index (χ0) is 19.7. The summed E-state index contributed by atoms with van der Waals surface area (Å²) in [4.78, 5) is 26.9. The molecule has 0 bridgehead atoms. The first-order chi connectivity index (χ1) is 13.6. The highest BCUT2D eigenvalue weighted by molar-refractivity contribution is 5.69. The van der Waals surface area contributed by atoms with Gasteiger partial charge in [0.05, 0.1) is 18.3 Å². The SMILES string of the molecule is O=c1[nH]c(=O)n([C@H]2C[C@H](O)[C@@H](CO)O2)cc1-c1ccc(-c2ccccc2)cc1. The Morgan fingerprint density at radius 1 is 1.00 bits per heavy atom. The number of ether oxygens (including phenoxy) is 1. The fourth-order valence-corrected chi connectivity index (χ4v) is 3.43. The molecular formula is C21H20N2O5. The monoisotopic (exact) mass is 380 g/mol. The third-order valence-electron chi connectivity index (χ3n) is 4.97. The van der Waals surface area contributed by atoms with Gasteiger partial charge in [0, 0.05) is 12.6 Å². The van der Waals surface area contributed by atoms with Gasteiger partial charge in [0.25, 0.3) is 5.56 Å². The summed E-state index contributed by atoms with van der Waals surface area (Å²) in [6, 6.07) is 17.3. The minimum Gasteiger partial charge on any atom is -0.394 e. The number of nitrogens with zero attached hydrogens (tertiary/aromatic N) is 1. The highest BCUT2D eigenvalue weighted by Gasteiger charge is 2.35. The number of rotatable bonds is 4.